The standard InChI is InChI=1S/C21H25FN2O3/c1-14(25)23-12-19-17-11-21(27-3)20(26-2)10-15(17)8-9-24(19)13-16-6-4-5-7-18(16)22/h4-7,10-11,19H,8-9,12-13H2,1-3H3,(H,23,25)/t19-/m1/s1. The molecule has 2 aromatic carbocycles. The Morgan fingerprint density at radius 2 is 1.93 bits per heavy atom. The maximum atomic E-state index is 14.2. The molecule has 1 aliphatic heterocycles. The van der Waals surface area contributed by atoms with Gasteiger partial charge in [0.1, 0.15) is 5.82 Å². The molecule has 1 aliphatic rings. The highest BCUT2D eigenvalue weighted by molar-refractivity contribution is 5.72. The second kappa shape index (κ2) is 8.39. The van der Waals surface area contributed by atoms with E-state index in [2.05, 4.69) is 10.2 Å². The molecular weight excluding hydrogens is 347 g/mol. The fourth-order valence-electron chi connectivity index (χ4n) is 3.59. The molecule has 3 rings (SSSR count). The molecule has 1 atom stereocenters. The van der Waals surface area contributed by atoms with Crippen LogP contribution in [-0.4, -0.2) is 38.1 Å². The summed E-state index contributed by atoms with van der Waals surface area (Å²) in [6, 6.07) is 10.7. The molecule has 2 aromatic rings. The Kier molecular flexibility index (Phi) is 5.96. The van der Waals surface area contributed by atoms with Gasteiger partial charge in [0.05, 0.1) is 20.3 Å². The van der Waals surface area contributed by atoms with Crippen LogP contribution in [0.3, 0.4) is 0 Å². The quantitative estimate of drug-likeness (QED) is 0.847. The van der Waals surface area contributed by atoms with E-state index in [0.29, 0.717) is 30.2 Å². The Hall–Kier alpha value is -2.60. The van der Waals surface area contributed by atoms with Crippen molar-refractivity contribution < 1.29 is 18.7 Å². The molecule has 0 radical (unpaired) electrons. The van der Waals surface area contributed by atoms with Crippen LogP contribution in [0.1, 0.15) is 29.7 Å². The Bertz CT molecular complexity index is 825. The van der Waals surface area contributed by atoms with Crippen molar-refractivity contribution in [3.05, 3.63) is 58.9 Å². The van der Waals surface area contributed by atoms with Crippen LogP contribution < -0.4 is 14.8 Å². The number of fused-ring (bicyclic) bond motifs is 1. The molecule has 1 N–H and O–H groups in total. The Labute approximate surface area is 159 Å². The third-order valence-corrected chi connectivity index (χ3v) is 4.99. The summed E-state index contributed by atoms with van der Waals surface area (Å²) in [6.45, 7) is 3.19. The number of amides is 1. The SMILES string of the molecule is COc1cc2c(cc1OC)[C@@H](CNC(C)=O)N(Cc1ccccc1F)CC2. The first-order valence-electron chi connectivity index (χ1n) is 9.00. The summed E-state index contributed by atoms with van der Waals surface area (Å²) in [5.41, 5.74) is 2.88. The lowest BCUT2D eigenvalue weighted by atomic mass is 9.91. The van der Waals surface area contributed by atoms with E-state index in [-0.39, 0.29) is 17.8 Å². The van der Waals surface area contributed by atoms with Crippen LogP contribution in [0, 0.1) is 5.82 Å². The van der Waals surface area contributed by atoms with Gasteiger partial charge in [0.25, 0.3) is 0 Å². The molecule has 1 heterocycles. The highest BCUT2D eigenvalue weighted by Crippen LogP contribution is 2.38. The van der Waals surface area contributed by atoms with Gasteiger partial charge in [0, 0.05) is 32.1 Å². The van der Waals surface area contributed by atoms with Crippen molar-refractivity contribution in [2.75, 3.05) is 27.3 Å². The van der Waals surface area contributed by atoms with E-state index < -0.39 is 0 Å². The smallest absolute Gasteiger partial charge is 0.216 e. The molecule has 6 heteroatoms. The van der Waals surface area contributed by atoms with E-state index in [1.54, 1.807) is 26.4 Å². The molecule has 0 aliphatic carbocycles. The number of ether oxygens (including phenoxy) is 2. The third kappa shape index (κ3) is 4.22. The molecule has 0 unspecified atom stereocenters. The summed E-state index contributed by atoms with van der Waals surface area (Å²) in [5, 5.41) is 2.91. The van der Waals surface area contributed by atoms with E-state index in [1.807, 2.05) is 18.2 Å². The van der Waals surface area contributed by atoms with E-state index in [1.165, 1.54) is 13.0 Å². The Morgan fingerprint density at radius 1 is 1.22 bits per heavy atom. The van der Waals surface area contributed by atoms with Crippen molar-refractivity contribution in [1.82, 2.24) is 10.2 Å². The predicted octanol–water partition coefficient (Wildman–Crippen LogP) is 3.08. The fraction of sp³-hybridized carbons (Fsp3) is 0.381. The number of benzene rings is 2. The normalized spacial score (nSPS) is 16.5. The molecule has 0 bridgehead atoms. The lowest BCUT2D eigenvalue weighted by molar-refractivity contribution is -0.119. The Morgan fingerprint density at radius 3 is 2.59 bits per heavy atom. The Balaban J connectivity index is 1.96. The van der Waals surface area contributed by atoms with E-state index in [9.17, 15) is 9.18 Å². The minimum atomic E-state index is -0.214. The monoisotopic (exact) mass is 372 g/mol. The lowest BCUT2D eigenvalue weighted by Crippen LogP contribution is -2.41. The number of hydrogen-bond donors (Lipinski definition) is 1. The highest BCUT2D eigenvalue weighted by Gasteiger charge is 2.29. The third-order valence-electron chi connectivity index (χ3n) is 4.99. The lowest BCUT2D eigenvalue weighted by Gasteiger charge is -2.38. The molecular formula is C21H25FN2O3. The molecule has 5 nitrogen and oxygen atoms in total. The highest BCUT2D eigenvalue weighted by atomic mass is 19.1. The number of methoxy groups -OCH3 is 2. The zero-order chi connectivity index (χ0) is 19.4. The summed E-state index contributed by atoms with van der Waals surface area (Å²) in [5.74, 6) is 1.04. The van der Waals surface area contributed by atoms with Crippen LogP contribution in [0.25, 0.3) is 0 Å². The van der Waals surface area contributed by atoms with Gasteiger partial charge in [-0.2, -0.15) is 0 Å². The predicted molar refractivity (Wildman–Crippen MR) is 101 cm³/mol. The zero-order valence-corrected chi connectivity index (χ0v) is 15.9. The van der Waals surface area contributed by atoms with E-state index >= 15 is 0 Å². The number of carbonyl (C=O) groups is 1. The van der Waals surface area contributed by atoms with Crippen LogP contribution in [-0.2, 0) is 17.8 Å². The number of hydrogen-bond acceptors (Lipinski definition) is 4. The molecule has 0 aromatic heterocycles. The van der Waals surface area contributed by atoms with Gasteiger partial charge in [-0.15, -0.1) is 0 Å². The summed E-state index contributed by atoms with van der Waals surface area (Å²) in [4.78, 5) is 13.7. The molecule has 27 heavy (non-hydrogen) atoms. The maximum Gasteiger partial charge on any atom is 0.216 e. The first kappa shape index (κ1) is 19.2. The van der Waals surface area contributed by atoms with Gasteiger partial charge < -0.3 is 14.8 Å². The van der Waals surface area contributed by atoms with Crippen molar-refractivity contribution in [3.63, 3.8) is 0 Å². The number of nitrogens with zero attached hydrogens (tertiary/aromatic N) is 1. The minimum absolute atomic E-state index is 0.0722. The van der Waals surface area contributed by atoms with Crippen LogP contribution in [0.2, 0.25) is 0 Å². The molecule has 0 spiro atoms. The molecule has 0 fully saturated rings. The van der Waals surface area contributed by atoms with Crippen molar-refractivity contribution in [2.45, 2.75) is 25.9 Å². The number of rotatable bonds is 6. The van der Waals surface area contributed by atoms with E-state index in [4.69, 9.17) is 9.47 Å². The van der Waals surface area contributed by atoms with Gasteiger partial charge in [0.2, 0.25) is 5.91 Å². The van der Waals surface area contributed by atoms with Gasteiger partial charge in [-0.3, -0.25) is 9.69 Å². The van der Waals surface area contributed by atoms with Crippen LogP contribution in [0.15, 0.2) is 36.4 Å². The molecule has 0 saturated carbocycles. The second-order valence-corrected chi connectivity index (χ2v) is 6.67. The number of carbonyl (C=O) groups excluding carboxylic acids is 1. The fourth-order valence-corrected chi connectivity index (χ4v) is 3.59. The zero-order valence-electron chi connectivity index (χ0n) is 15.9. The summed E-state index contributed by atoms with van der Waals surface area (Å²) >= 11 is 0. The van der Waals surface area contributed by atoms with Gasteiger partial charge >= 0.3 is 0 Å². The summed E-state index contributed by atoms with van der Waals surface area (Å²) in [6.07, 6.45) is 0.820. The van der Waals surface area contributed by atoms with Gasteiger partial charge in [-0.1, -0.05) is 18.2 Å². The second-order valence-electron chi connectivity index (χ2n) is 6.67. The summed E-state index contributed by atoms with van der Waals surface area (Å²) in [7, 11) is 3.22. The molecule has 0 saturated heterocycles. The van der Waals surface area contributed by atoms with Crippen molar-refractivity contribution in [1.29, 1.82) is 0 Å². The van der Waals surface area contributed by atoms with Crippen LogP contribution in [0.4, 0.5) is 4.39 Å². The van der Waals surface area contributed by atoms with Crippen LogP contribution >= 0.6 is 0 Å². The molecule has 1 amide bonds. The largest absolute Gasteiger partial charge is 0.493 e. The number of halogens is 1. The van der Waals surface area contributed by atoms with Gasteiger partial charge in [-0.05, 0) is 35.7 Å². The average molecular weight is 372 g/mol. The topological polar surface area (TPSA) is 50.8 Å². The maximum absolute atomic E-state index is 14.2. The number of nitrogens with one attached hydrogen (secondary N) is 1. The molecule has 144 valence electrons. The van der Waals surface area contributed by atoms with Gasteiger partial charge in [0.15, 0.2) is 11.5 Å². The average Bonchev–Trinajstić information content (AvgIpc) is 2.67. The van der Waals surface area contributed by atoms with Crippen LogP contribution in [0.5, 0.6) is 11.5 Å². The van der Waals surface area contributed by atoms with Crippen molar-refractivity contribution in [2.24, 2.45) is 0 Å². The van der Waals surface area contributed by atoms with Crippen molar-refractivity contribution in [3.8, 4) is 11.5 Å². The first-order chi connectivity index (χ1) is 13.0. The summed E-state index contributed by atoms with van der Waals surface area (Å²) < 4.78 is 25.0. The van der Waals surface area contributed by atoms with Gasteiger partial charge in [-0.25, -0.2) is 4.39 Å². The van der Waals surface area contributed by atoms with Crippen molar-refractivity contribution >= 4 is 5.91 Å². The minimum Gasteiger partial charge on any atom is -0.493 e. The first-order valence-corrected chi connectivity index (χ1v) is 9.00. The van der Waals surface area contributed by atoms with E-state index in [0.717, 1.165) is 24.1 Å².